The van der Waals surface area contributed by atoms with Gasteiger partial charge in [0, 0.05) is 12.4 Å². The first-order valence-corrected chi connectivity index (χ1v) is 9.68. The molecule has 3 aromatic carbocycles. The zero-order chi connectivity index (χ0) is 19.7. The Labute approximate surface area is 166 Å². The Kier molecular flexibility index (Phi) is 4.88. The molecule has 0 aliphatic carbocycles. The molecule has 1 heterocycles. The van der Waals surface area contributed by atoms with E-state index in [1.807, 2.05) is 35.9 Å². The number of ether oxygens (including phenoxy) is 2. The van der Waals surface area contributed by atoms with Crippen LogP contribution in [0, 0.1) is 0 Å². The van der Waals surface area contributed by atoms with Gasteiger partial charge in [-0.15, -0.1) is 0 Å². The second-order valence-corrected chi connectivity index (χ2v) is 7.43. The van der Waals surface area contributed by atoms with Crippen molar-refractivity contribution in [1.29, 1.82) is 0 Å². The molecule has 0 aliphatic heterocycles. The average molecular weight is 392 g/mol. The monoisotopic (exact) mass is 392 g/mol. The number of aromatic nitrogens is 1. The first-order valence-electron chi connectivity index (χ1n) is 8.86. The molecular formula is C22H20N2O3S. The molecule has 0 saturated heterocycles. The molecule has 6 heteroatoms. The lowest BCUT2D eigenvalue weighted by atomic mass is 10.1. The van der Waals surface area contributed by atoms with Crippen LogP contribution in [0.1, 0.15) is 5.56 Å². The fraction of sp³-hybridized carbons (Fsp3) is 0.182. The van der Waals surface area contributed by atoms with Gasteiger partial charge < -0.3 is 14.0 Å². The number of rotatable bonds is 4. The number of methoxy groups -OCH3 is 2. The van der Waals surface area contributed by atoms with Crippen LogP contribution in [-0.4, -0.2) is 24.7 Å². The SMILES string of the molecule is COc1ccc(CC(=O)N=c2sc3c4ccccc4ccc3n2C)cc1OC. The van der Waals surface area contributed by atoms with Crippen molar-refractivity contribution in [3.05, 3.63) is 65.0 Å². The predicted molar refractivity (Wildman–Crippen MR) is 112 cm³/mol. The highest BCUT2D eigenvalue weighted by molar-refractivity contribution is 7.17. The average Bonchev–Trinajstić information content (AvgIpc) is 3.03. The first kappa shape index (κ1) is 18.3. The van der Waals surface area contributed by atoms with Gasteiger partial charge in [0.2, 0.25) is 0 Å². The van der Waals surface area contributed by atoms with E-state index >= 15 is 0 Å². The number of aryl methyl sites for hydroxylation is 1. The summed E-state index contributed by atoms with van der Waals surface area (Å²) >= 11 is 1.54. The van der Waals surface area contributed by atoms with Crippen molar-refractivity contribution in [2.24, 2.45) is 12.0 Å². The third-order valence-electron chi connectivity index (χ3n) is 4.72. The Balaban J connectivity index is 1.70. The fourth-order valence-electron chi connectivity index (χ4n) is 3.27. The second-order valence-electron chi connectivity index (χ2n) is 6.45. The number of carbonyl (C=O) groups excluding carboxylic acids is 1. The van der Waals surface area contributed by atoms with Gasteiger partial charge in [-0.2, -0.15) is 4.99 Å². The van der Waals surface area contributed by atoms with Crippen LogP contribution in [0.3, 0.4) is 0 Å². The van der Waals surface area contributed by atoms with E-state index in [-0.39, 0.29) is 12.3 Å². The molecule has 0 unspecified atom stereocenters. The molecular weight excluding hydrogens is 372 g/mol. The van der Waals surface area contributed by atoms with Gasteiger partial charge in [0.15, 0.2) is 16.3 Å². The van der Waals surface area contributed by atoms with Crippen molar-refractivity contribution in [1.82, 2.24) is 4.57 Å². The third kappa shape index (κ3) is 3.27. The third-order valence-corrected chi connectivity index (χ3v) is 5.90. The Morgan fingerprint density at radius 2 is 1.82 bits per heavy atom. The molecule has 0 bridgehead atoms. The molecule has 0 saturated carbocycles. The maximum Gasteiger partial charge on any atom is 0.252 e. The lowest BCUT2D eigenvalue weighted by Crippen LogP contribution is -2.14. The number of thiazole rings is 1. The van der Waals surface area contributed by atoms with Gasteiger partial charge >= 0.3 is 0 Å². The van der Waals surface area contributed by atoms with Crippen molar-refractivity contribution in [2.75, 3.05) is 14.2 Å². The summed E-state index contributed by atoms with van der Waals surface area (Å²) in [5.41, 5.74) is 1.90. The second kappa shape index (κ2) is 7.48. The minimum Gasteiger partial charge on any atom is -0.493 e. The molecule has 1 amide bonds. The summed E-state index contributed by atoms with van der Waals surface area (Å²) in [4.78, 5) is 17.6. The molecule has 142 valence electrons. The highest BCUT2D eigenvalue weighted by atomic mass is 32.1. The van der Waals surface area contributed by atoms with E-state index in [0.29, 0.717) is 16.3 Å². The van der Waals surface area contributed by atoms with Crippen LogP contribution in [0.15, 0.2) is 59.6 Å². The largest absolute Gasteiger partial charge is 0.493 e. The summed E-state index contributed by atoms with van der Waals surface area (Å²) in [6, 6.07) is 17.9. The van der Waals surface area contributed by atoms with Crippen LogP contribution in [0.25, 0.3) is 21.0 Å². The summed E-state index contributed by atoms with van der Waals surface area (Å²) in [6.07, 6.45) is 0.204. The summed E-state index contributed by atoms with van der Waals surface area (Å²) < 4.78 is 13.7. The standard InChI is InChI=1S/C22H20N2O3S/c1-24-17-10-9-15-6-4-5-7-16(15)21(17)28-22(24)23-20(25)13-14-8-11-18(26-2)19(12-14)27-3/h4-12H,13H2,1-3H3. The van der Waals surface area contributed by atoms with E-state index in [1.54, 1.807) is 20.3 Å². The van der Waals surface area contributed by atoms with Crippen molar-refractivity contribution >= 4 is 38.2 Å². The van der Waals surface area contributed by atoms with Gasteiger partial charge in [0.1, 0.15) is 0 Å². The summed E-state index contributed by atoms with van der Waals surface area (Å²) in [5.74, 6) is 1.05. The lowest BCUT2D eigenvalue weighted by molar-refractivity contribution is -0.117. The molecule has 0 atom stereocenters. The zero-order valence-electron chi connectivity index (χ0n) is 15.9. The number of fused-ring (bicyclic) bond motifs is 3. The molecule has 5 nitrogen and oxygen atoms in total. The number of benzene rings is 3. The van der Waals surface area contributed by atoms with Crippen molar-refractivity contribution in [3.8, 4) is 11.5 Å². The molecule has 4 aromatic rings. The van der Waals surface area contributed by atoms with Gasteiger partial charge in [-0.3, -0.25) is 4.79 Å². The number of hydrogen-bond acceptors (Lipinski definition) is 4. The highest BCUT2D eigenvalue weighted by Crippen LogP contribution is 2.28. The van der Waals surface area contributed by atoms with Crippen LogP contribution in [0.2, 0.25) is 0 Å². The van der Waals surface area contributed by atoms with Gasteiger partial charge in [-0.25, -0.2) is 0 Å². The van der Waals surface area contributed by atoms with Crippen molar-refractivity contribution in [3.63, 3.8) is 0 Å². The van der Waals surface area contributed by atoms with E-state index in [1.165, 1.54) is 22.1 Å². The zero-order valence-corrected chi connectivity index (χ0v) is 16.7. The van der Waals surface area contributed by atoms with E-state index in [4.69, 9.17) is 9.47 Å². The molecule has 0 spiro atoms. The van der Waals surface area contributed by atoms with Crippen LogP contribution >= 0.6 is 11.3 Å². The Bertz CT molecular complexity index is 1250. The number of hydrogen-bond donors (Lipinski definition) is 0. The van der Waals surface area contributed by atoms with Crippen LogP contribution < -0.4 is 14.3 Å². The number of carbonyl (C=O) groups is 1. The molecule has 1 aromatic heterocycles. The molecule has 0 aliphatic rings. The van der Waals surface area contributed by atoms with E-state index in [9.17, 15) is 4.79 Å². The maximum atomic E-state index is 12.6. The summed E-state index contributed by atoms with van der Waals surface area (Å²) in [5, 5.41) is 2.36. The van der Waals surface area contributed by atoms with E-state index < -0.39 is 0 Å². The number of amides is 1. The quantitative estimate of drug-likeness (QED) is 0.526. The molecule has 4 rings (SSSR count). The Morgan fingerprint density at radius 1 is 1.04 bits per heavy atom. The normalized spacial score (nSPS) is 11.9. The topological polar surface area (TPSA) is 52.8 Å². The first-order chi connectivity index (χ1) is 13.6. The van der Waals surface area contributed by atoms with Crippen LogP contribution in [-0.2, 0) is 18.3 Å². The van der Waals surface area contributed by atoms with E-state index in [0.717, 1.165) is 15.8 Å². The van der Waals surface area contributed by atoms with Gasteiger partial charge in [-0.1, -0.05) is 47.7 Å². The minimum atomic E-state index is -0.196. The fourth-order valence-corrected chi connectivity index (χ4v) is 4.45. The van der Waals surface area contributed by atoms with Gasteiger partial charge in [-0.05, 0) is 29.1 Å². The van der Waals surface area contributed by atoms with Gasteiger partial charge in [0.05, 0.1) is 30.9 Å². The number of nitrogens with zero attached hydrogens (tertiary/aromatic N) is 2. The molecule has 0 fully saturated rings. The molecule has 0 N–H and O–H groups in total. The summed E-state index contributed by atoms with van der Waals surface area (Å²) in [7, 11) is 5.11. The van der Waals surface area contributed by atoms with Crippen LogP contribution in [0.4, 0.5) is 0 Å². The smallest absolute Gasteiger partial charge is 0.252 e. The van der Waals surface area contributed by atoms with Crippen molar-refractivity contribution < 1.29 is 14.3 Å². The predicted octanol–water partition coefficient (Wildman–Crippen LogP) is 4.08. The Hall–Kier alpha value is -3.12. The highest BCUT2D eigenvalue weighted by Gasteiger charge is 2.10. The lowest BCUT2D eigenvalue weighted by Gasteiger charge is -2.08. The van der Waals surface area contributed by atoms with Gasteiger partial charge in [0.25, 0.3) is 5.91 Å². The maximum absolute atomic E-state index is 12.6. The van der Waals surface area contributed by atoms with Crippen molar-refractivity contribution in [2.45, 2.75) is 6.42 Å². The summed E-state index contributed by atoms with van der Waals surface area (Å²) in [6.45, 7) is 0. The molecule has 0 radical (unpaired) electrons. The van der Waals surface area contributed by atoms with Crippen LogP contribution in [0.5, 0.6) is 11.5 Å². The van der Waals surface area contributed by atoms with E-state index in [2.05, 4.69) is 29.3 Å². The minimum absolute atomic E-state index is 0.196. The Morgan fingerprint density at radius 3 is 2.61 bits per heavy atom. The molecule has 28 heavy (non-hydrogen) atoms.